The fourth-order valence-electron chi connectivity index (χ4n) is 3.12. The molecule has 172 valence electrons. The van der Waals surface area contributed by atoms with Crippen LogP contribution in [0, 0.1) is 11.3 Å². The molecule has 9 heteroatoms. The summed E-state index contributed by atoms with van der Waals surface area (Å²) in [6, 6.07) is 21.0. The van der Waals surface area contributed by atoms with Crippen molar-refractivity contribution in [1.29, 1.82) is 5.26 Å². The SMILES string of the molecule is CC(C)(N)C(=O)N[C@H](COCc1ccccc1)c1nnn(CCC(C#N)c2ccccc2)n1. The molecular weight excluding hydrogens is 418 g/mol. The van der Waals surface area contributed by atoms with Gasteiger partial charge in [0.05, 0.1) is 37.3 Å². The number of nitrogens with one attached hydrogen (secondary N) is 1. The largest absolute Gasteiger partial charge is 0.374 e. The van der Waals surface area contributed by atoms with Crippen LogP contribution in [0.1, 0.15) is 49.2 Å². The molecule has 0 saturated carbocycles. The van der Waals surface area contributed by atoms with E-state index in [9.17, 15) is 10.1 Å². The van der Waals surface area contributed by atoms with Crippen molar-refractivity contribution in [1.82, 2.24) is 25.5 Å². The van der Waals surface area contributed by atoms with Crippen LogP contribution in [-0.2, 0) is 22.7 Å². The van der Waals surface area contributed by atoms with Crippen LogP contribution < -0.4 is 11.1 Å². The van der Waals surface area contributed by atoms with Gasteiger partial charge in [-0.1, -0.05) is 60.7 Å². The van der Waals surface area contributed by atoms with E-state index in [-0.39, 0.29) is 18.4 Å². The number of rotatable bonds is 11. The topological polar surface area (TPSA) is 132 Å². The van der Waals surface area contributed by atoms with Gasteiger partial charge in [0, 0.05) is 0 Å². The lowest BCUT2D eigenvalue weighted by atomic mass is 9.97. The lowest BCUT2D eigenvalue weighted by Crippen LogP contribution is -2.50. The molecule has 0 bridgehead atoms. The lowest BCUT2D eigenvalue weighted by molar-refractivity contribution is -0.126. The second kappa shape index (κ2) is 11.3. The van der Waals surface area contributed by atoms with Crippen molar-refractivity contribution in [2.75, 3.05) is 6.61 Å². The number of nitriles is 1. The molecule has 0 aliphatic carbocycles. The van der Waals surface area contributed by atoms with Crippen molar-refractivity contribution < 1.29 is 9.53 Å². The summed E-state index contributed by atoms with van der Waals surface area (Å²) in [5.74, 6) is -0.293. The summed E-state index contributed by atoms with van der Waals surface area (Å²) in [5, 5.41) is 25.0. The van der Waals surface area contributed by atoms with Gasteiger partial charge in [-0.15, -0.1) is 10.2 Å². The van der Waals surface area contributed by atoms with Gasteiger partial charge in [-0.25, -0.2) is 0 Å². The van der Waals surface area contributed by atoms with E-state index in [0.717, 1.165) is 11.1 Å². The highest BCUT2D eigenvalue weighted by molar-refractivity contribution is 5.85. The molecule has 1 aromatic heterocycles. The predicted molar refractivity (Wildman–Crippen MR) is 122 cm³/mol. The number of nitrogens with two attached hydrogens (primary N) is 1. The minimum atomic E-state index is -1.07. The Kier molecular flexibility index (Phi) is 8.24. The fourth-order valence-corrected chi connectivity index (χ4v) is 3.12. The number of carbonyl (C=O) groups excluding carboxylic acids is 1. The fraction of sp³-hybridized carbons (Fsp3) is 0.375. The van der Waals surface area contributed by atoms with Gasteiger partial charge in [0.1, 0.15) is 6.04 Å². The summed E-state index contributed by atoms with van der Waals surface area (Å²) in [7, 11) is 0. The van der Waals surface area contributed by atoms with E-state index < -0.39 is 11.6 Å². The quantitative estimate of drug-likeness (QED) is 0.461. The number of benzene rings is 2. The second-order valence-corrected chi connectivity index (χ2v) is 8.37. The first kappa shape index (κ1) is 24.0. The predicted octanol–water partition coefficient (Wildman–Crippen LogP) is 2.48. The molecule has 0 fully saturated rings. The Balaban J connectivity index is 1.65. The van der Waals surface area contributed by atoms with Crippen molar-refractivity contribution in [3.8, 4) is 6.07 Å². The maximum Gasteiger partial charge on any atom is 0.240 e. The maximum absolute atomic E-state index is 12.5. The number of aryl methyl sites for hydroxylation is 1. The lowest BCUT2D eigenvalue weighted by Gasteiger charge is -2.22. The summed E-state index contributed by atoms with van der Waals surface area (Å²) in [4.78, 5) is 13.9. The monoisotopic (exact) mass is 447 g/mol. The molecule has 0 aliphatic rings. The number of carbonyl (C=O) groups is 1. The first-order chi connectivity index (χ1) is 15.9. The van der Waals surface area contributed by atoms with Crippen molar-refractivity contribution >= 4 is 5.91 Å². The van der Waals surface area contributed by atoms with Crippen molar-refractivity contribution in [3.63, 3.8) is 0 Å². The highest BCUT2D eigenvalue weighted by Crippen LogP contribution is 2.19. The Bertz CT molecular complexity index is 1060. The summed E-state index contributed by atoms with van der Waals surface area (Å²) < 4.78 is 5.82. The van der Waals surface area contributed by atoms with Gasteiger partial charge in [-0.2, -0.15) is 10.1 Å². The molecule has 9 nitrogen and oxygen atoms in total. The Morgan fingerprint density at radius 2 is 1.85 bits per heavy atom. The van der Waals surface area contributed by atoms with Crippen LogP contribution in [0.4, 0.5) is 0 Å². The third kappa shape index (κ3) is 7.20. The zero-order chi connectivity index (χ0) is 23.7. The number of hydrogen-bond donors (Lipinski definition) is 2. The molecule has 1 heterocycles. The average Bonchev–Trinajstić information content (AvgIpc) is 3.28. The third-order valence-electron chi connectivity index (χ3n) is 5.04. The van der Waals surface area contributed by atoms with Crippen LogP contribution in [0.15, 0.2) is 60.7 Å². The zero-order valence-corrected chi connectivity index (χ0v) is 18.9. The van der Waals surface area contributed by atoms with Crippen LogP contribution in [0.5, 0.6) is 0 Å². The molecule has 1 unspecified atom stereocenters. The smallest absolute Gasteiger partial charge is 0.240 e. The first-order valence-electron chi connectivity index (χ1n) is 10.8. The Hall–Kier alpha value is -3.61. The summed E-state index contributed by atoms with van der Waals surface area (Å²) in [6.45, 7) is 4.20. The number of hydrogen-bond acceptors (Lipinski definition) is 7. The number of aromatic nitrogens is 4. The minimum Gasteiger partial charge on any atom is -0.374 e. The van der Waals surface area contributed by atoms with Gasteiger partial charge in [-0.3, -0.25) is 4.79 Å². The van der Waals surface area contributed by atoms with E-state index in [1.165, 1.54) is 4.80 Å². The molecule has 0 saturated heterocycles. The van der Waals surface area contributed by atoms with Gasteiger partial charge in [-0.05, 0) is 36.6 Å². The van der Waals surface area contributed by atoms with E-state index in [1.807, 2.05) is 60.7 Å². The van der Waals surface area contributed by atoms with Crippen LogP contribution in [0.2, 0.25) is 0 Å². The zero-order valence-electron chi connectivity index (χ0n) is 18.9. The molecular formula is C24H29N7O2. The number of tetrazole rings is 1. The first-order valence-corrected chi connectivity index (χ1v) is 10.8. The number of amides is 1. The van der Waals surface area contributed by atoms with Gasteiger partial charge < -0.3 is 15.8 Å². The number of ether oxygens (including phenoxy) is 1. The molecule has 2 aromatic carbocycles. The minimum absolute atomic E-state index is 0.160. The Labute approximate surface area is 193 Å². The van der Waals surface area contributed by atoms with E-state index in [1.54, 1.807) is 13.8 Å². The van der Waals surface area contributed by atoms with Crippen LogP contribution in [0.3, 0.4) is 0 Å². The van der Waals surface area contributed by atoms with E-state index in [0.29, 0.717) is 25.4 Å². The van der Waals surface area contributed by atoms with E-state index in [2.05, 4.69) is 26.8 Å². The van der Waals surface area contributed by atoms with Crippen LogP contribution in [0.25, 0.3) is 0 Å². The van der Waals surface area contributed by atoms with Crippen LogP contribution >= 0.6 is 0 Å². The van der Waals surface area contributed by atoms with Gasteiger partial charge >= 0.3 is 0 Å². The Morgan fingerprint density at radius 1 is 1.18 bits per heavy atom. The average molecular weight is 448 g/mol. The molecule has 3 rings (SSSR count). The normalized spacial score (nSPS) is 13.2. The van der Waals surface area contributed by atoms with Gasteiger partial charge in [0.15, 0.2) is 5.82 Å². The summed E-state index contributed by atoms with van der Waals surface area (Å²) in [5.41, 5.74) is 6.84. The highest BCUT2D eigenvalue weighted by atomic mass is 16.5. The summed E-state index contributed by atoms with van der Waals surface area (Å²) in [6.07, 6.45) is 0.535. The van der Waals surface area contributed by atoms with Crippen molar-refractivity contribution in [2.24, 2.45) is 5.73 Å². The summed E-state index contributed by atoms with van der Waals surface area (Å²) >= 11 is 0. The molecule has 3 aromatic rings. The molecule has 33 heavy (non-hydrogen) atoms. The Morgan fingerprint density at radius 3 is 2.48 bits per heavy atom. The van der Waals surface area contributed by atoms with Crippen molar-refractivity contribution in [2.45, 2.75) is 50.9 Å². The molecule has 0 aliphatic heterocycles. The number of nitrogens with zero attached hydrogens (tertiary/aromatic N) is 5. The molecule has 2 atom stereocenters. The van der Waals surface area contributed by atoms with E-state index in [4.69, 9.17) is 10.5 Å². The molecule has 0 spiro atoms. The van der Waals surface area contributed by atoms with Crippen molar-refractivity contribution in [3.05, 3.63) is 77.6 Å². The molecule has 1 amide bonds. The maximum atomic E-state index is 12.5. The van der Waals surface area contributed by atoms with Crippen LogP contribution in [-0.4, -0.2) is 38.3 Å². The standard InChI is InChI=1S/C24H29N7O2/c1-24(2,26)23(32)27-21(17-33-16-18-9-5-3-6-10-18)22-28-30-31(29-22)14-13-20(15-25)19-11-7-4-8-12-19/h3-12,20-21H,13-14,16-17,26H2,1-2H3,(H,27,32)/t20?,21-/m1/s1. The molecule has 0 radical (unpaired) electrons. The van der Waals surface area contributed by atoms with E-state index >= 15 is 0 Å². The third-order valence-corrected chi connectivity index (χ3v) is 5.04. The van der Waals surface area contributed by atoms with Gasteiger partial charge in [0.25, 0.3) is 0 Å². The molecule has 3 N–H and O–H groups in total. The highest BCUT2D eigenvalue weighted by Gasteiger charge is 2.28. The van der Waals surface area contributed by atoms with Gasteiger partial charge in [0.2, 0.25) is 5.91 Å². The second-order valence-electron chi connectivity index (χ2n) is 8.37.